The van der Waals surface area contributed by atoms with Gasteiger partial charge in [-0.25, -0.2) is 4.79 Å². The maximum Gasteiger partial charge on any atom is 0.471 e. The van der Waals surface area contributed by atoms with Crippen molar-refractivity contribution in [1.29, 1.82) is 0 Å². The first kappa shape index (κ1) is 14.7. The second-order valence-corrected chi connectivity index (χ2v) is 3.58. The van der Waals surface area contributed by atoms with Crippen molar-refractivity contribution in [2.24, 2.45) is 5.92 Å². The Bertz CT molecular complexity index is 278. The Hall–Kier alpha value is -1.27. The molecule has 4 nitrogen and oxygen atoms in total. The van der Waals surface area contributed by atoms with E-state index in [1.54, 1.807) is 6.92 Å². The zero-order valence-electron chi connectivity index (χ0n) is 9.21. The highest BCUT2D eigenvalue weighted by molar-refractivity contribution is 5.87. The van der Waals surface area contributed by atoms with Gasteiger partial charge in [-0.15, -0.1) is 0 Å². The van der Waals surface area contributed by atoms with Crippen LogP contribution in [0, 0.1) is 5.92 Å². The van der Waals surface area contributed by atoms with Gasteiger partial charge >= 0.3 is 18.1 Å². The summed E-state index contributed by atoms with van der Waals surface area (Å²) in [7, 11) is 0.848. The van der Waals surface area contributed by atoms with Crippen molar-refractivity contribution < 1.29 is 27.9 Å². The standard InChI is InChI=1S/C9H14F3NO3/c1-4-5(2)6(7(14)15)13(3)8(16)9(10,11)12/h5-6H,4H2,1-3H3,(H,14,15)/t5-,6-/m0/s1. The summed E-state index contributed by atoms with van der Waals surface area (Å²) in [4.78, 5) is 21.9. The van der Waals surface area contributed by atoms with Gasteiger partial charge in [-0.1, -0.05) is 20.3 Å². The van der Waals surface area contributed by atoms with Crippen LogP contribution in [-0.2, 0) is 9.59 Å². The van der Waals surface area contributed by atoms with Gasteiger partial charge in [-0.05, 0) is 5.92 Å². The largest absolute Gasteiger partial charge is 0.480 e. The third-order valence-electron chi connectivity index (χ3n) is 2.42. The van der Waals surface area contributed by atoms with Crippen LogP contribution in [0.4, 0.5) is 13.2 Å². The second-order valence-electron chi connectivity index (χ2n) is 3.58. The highest BCUT2D eigenvalue weighted by atomic mass is 19.4. The Kier molecular flexibility index (Phi) is 4.77. The van der Waals surface area contributed by atoms with E-state index in [-0.39, 0.29) is 4.90 Å². The Labute approximate surface area is 91.0 Å². The Morgan fingerprint density at radius 3 is 2.06 bits per heavy atom. The molecule has 1 N–H and O–H groups in total. The maximum atomic E-state index is 12.1. The summed E-state index contributed by atoms with van der Waals surface area (Å²) >= 11 is 0. The minimum absolute atomic E-state index is 0.233. The molecule has 0 aromatic carbocycles. The lowest BCUT2D eigenvalue weighted by molar-refractivity contribution is -0.189. The van der Waals surface area contributed by atoms with Gasteiger partial charge in [0.2, 0.25) is 0 Å². The number of carbonyl (C=O) groups is 2. The van der Waals surface area contributed by atoms with E-state index in [0.29, 0.717) is 6.42 Å². The maximum absolute atomic E-state index is 12.1. The highest BCUT2D eigenvalue weighted by Crippen LogP contribution is 2.22. The molecule has 0 aliphatic carbocycles. The number of nitrogens with zero attached hydrogens (tertiary/aromatic N) is 1. The van der Waals surface area contributed by atoms with E-state index in [2.05, 4.69) is 0 Å². The molecule has 94 valence electrons. The molecule has 0 spiro atoms. The van der Waals surface area contributed by atoms with Crippen LogP contribution in [0.15, 0.2) is 0 Å². The molecule has 0 aliphatic rings. The van der Waals surface area contributed by atoms with E-state index in [4.69, 9.17) is 5.11 Å². The predicted molar refractivity (Wildman–Crippen MR) is 49.7 cm³/mol. The molecule has 0 rings (SSSR count). The molecule has 0 radical (unpaired) electrons. The van der Waals surface area contributed by atoms with E-state index in [0.717, 1.165) is 7.05 Å². The fraction of sp³-hybridized carbons (Fsp3) is 0.778. The van der Waals surface area contributed by atoms with Gasteiger partial charge in [0.25, 0.3) is 0 Å². The third-order valence-corrected chi connectivity index (χ3v) is 2.42. The number of likely N-dealkylation sites (N-methyl/N-ethyl adjacent to an activating group) is 1. The van der Waals surface area contributed by atoms with Crippen LogP contribution in [0.2, 0.25) is 0 Å². The van der Waals surface area contributed by atoms with Crippen LogP contribution in [-0.4, -0.2) is 41.1 Å². The number of hydrogen-bond donors (Lipinski definition) is 1. The minimum atomic E-state index is -5.05. The molecule has 7 heteroatoms. The molecule has 2 atom stereocenters. The number of aliphatic carboxylic acids is 1. The van der Waals surface area contributed by atoms with Crippen molar-refractivity contribution in [3.05, 3.63) is 0 Å². The molecule has 0 saturated carbocycles. The number of alkyl halides is 3. The van der Waals surface area contributed by atoms with Gasteiger partial charge in [0.1, 0.15) is 6.04 Å². The Morgan fingerprint density at radius 2 is 1.81 bits per heavy atom. The molecule has 0 aromatic rings. The number of carboxylic acid groups (broad SMARTS) is 1. The summed E-state index contributed by atoms with van der Waals surface area (Å²) in [5.74, 6) is -4.12. The summed E-state index contributed by atoms with van der Waals surface area (Å²) in [6, 6.07) is -1.46. The summed E-state index contributed by atoms with van der Waals surface area (Å²) < 4.78 is 36.3. The van der Waals surface area contributed by atoms with Gasteiger partial charge in [0.15, 0.2) is 0 Å². The van der Waals surface area contributed by atoms with Crippen LogP contribution >= 0.6 is 0 Å². The quantitative estimate of drug-likeness (QED) is 0.811. The summed E-state index contributed by atoms with van der Waals surface area (Å²) in [6.07, 6.45) is -4.68. The zero-order valence-corrected chi connectivity index (χ0v) is 9.21. The lowest BCUT2D eigenvalue weighted by Crippen LogP contribution is -2.50. The molecule has 0 bridgehead atoms. The number of hydrogen-bond acceptors (Lipinski definition) is 2. The van der Waals surface area contributed by atoms with Gasteiger partial charge < -0.3 is 10.0 Å². The van der Waals surface area contributed by atoms with Gasteiger partial charge in [0.05, 0.1) is 0 Å². The first-order chi connectivity index (χ1) is 7.12. The van der Waals surface area contributed by atoms with Gasteiger partial charge in [-0.3, -0.25) is 4.79 Å². The van der Waals surface area contributed by atoms with Crippen LogP contribution < -0.4 is 0 Å². The van der Waals surface area contributed by atoms with Crippen molar-refractivity contribution in [3.63, 3.8) is 0 Å². The molecule has 16 heavy (non-hydrogen) atoms. The molecule has 1 amide bonds. The molecule has 0 aromatic heterocycles. The number of halogens is 3. The van der Waals surface area contributed by atoms with Crippen LogP contribution in [0.3, 0.4) is 0 Å². The SMILES string of the molecule is CC[C@H](C)[C@@H](C(=O)O)N(C)C(=O)C(F)(F)F. The molecule has 0 fully saturated rings. The van der Waals surface area contributed by atoms with Crippen molar-refractivity contribution >= 4 is 11.9 Å². The van der Waals surface area contributed by atoms with Crippen molar-refractivity contribution in [2.45, 2.75) is 32.5 Å². The van der Waals surface area contributed by atoms with Crippen LogP contribution in [0.5, 0.6) is 0 Å². The molecular formula is C9H14F3NO3. The summed E-state index contributed by atoms with van der Waals surface area (Å²) in [5.41, 5.74) is 0. The molecule has 0 saturated heterocycles. The second kappa shape index (κ2) is 5.18. The first-order valence-corrected chi connectivity index (χ1v) is 4.69. The highest BCUT2D eigenvalue weighted by Gasteiger charge is 2.45. The lowest BCUT2D eigenvalue weighted by Gasteiger charge is -2.29. The first-order valence-electron chi connectivity index (χ1n) is 4.69. The third kappa shape index (κ3) is 3.39. The smallest absolute Gasteiger partial charge is 0.471 e. The summed E-state index contributed by atoms with van der Waals surface area (Å²) in [5, 5.41) is 8.80. The number of rotatable bonds is 4. The van der Waals surface area contributed by atoms with E-state index in [1.165, 1.54) is 6.92 Å². The number of amides is 1. The minimum Gasteiger partial charge on any atom is -0.480 e. The van der Waals surface area contributed by atoms with Crippen molar-refractivity contribution in [1.82, 2.24) is 4.90 Å². The van der Waals surface area contributed by atoms with Gasteiger partial charge in [0, 0.05) is 7.05 Å². The van der Waals surface area contributed by atoms with Crippen molar-refractivity contribution in [3.8, 4) is 0 Å². The molecule has 0 heterocycles. The van der Waals surface area contributed by atoms with Crippen LogP contribution in [0.25, 0.3) is 0 Å². The number of carboxylic acids is 1. The number of carbonyl (C=O) groups excluding carboxylic acids is 1. The average molecular weight is 241 g/mol. The lowest BCUT2D eigenvalue weighted by atomic mass is 9.98. The fourth-order valence-electron chi connectivity index (χ4n) is 1.34. The van der Waals surface area contributed by atoms with E-state index in [9.17, 15) is 22.8 Å². The van der Waals surface area contributed by atoms with E-state index >= 15 is 0 Å². The topological polar surface area (TPSA) is 57.6 Å². The van der Waals surface area contributed by atoms with Gasteiger partial charge in [-0.2, -0.15) is 13.2 Å². The van der Waals surface area contributed by atoms with E-state index in [1.807, 2.05) is 0 Å². The zero-order chi connectivity index (χ0) is 13.1. The molecule has 0 unspecified atom stereocenters. The van der Waals surface area contributed by atoms with Crippen LogP contribution in [0.1, 0.15) is 20.3 Å². The molecular weight excluding hydrogens is 227 g/mol. The molecule has 0 aliphatic heterocycles. The normalized spacial score (nSPS) is 15.4. The summed E-state index contributed by atoms with van der Waals surface area (Å²) in [6.45, 7) is 3.13. The van der Waals surface area contributed by atoms with E-state index < -0.39 is 30.0 Å². The Balaban J connectivity index is 4.96. The fourth-order valence-corrected chi connectivity index (χ4v) is 1.34. The monoisotopic (exact) mass is 241 g/mol. The Morgan fingerprint density at radius 1 is 1.38 bits per heavy atom. The average Bonchev–Trinajstić information content (AvgIpc) is 2.14. The van der Waals surface area contributed by atoms with Crippen molar-refractivity contribution in [2.75, 3.05) is 7.05 Å². The predicted octanol–water partition coefficient (Wildman–Crippen LogP) is 1.51.